The van der Waals surface area contributed by atoms with Crippen molar-refractivity contribution in [1.29, 1.82) is 0 Å². The molecule has 1 heterocycles. The van der Waals surface area contributed by atoms with E-state index in [-0.39, 0.29) is 0 Å². The van der Waals surface area contributed by atoms with E-state index in [0.29, 0.717) is 5.75 Å². The van der Waals surface area contributed by atoms with Crippen LogP contribution in [0.3, 0.4) is 0 Å². The van der Waals surface area contributed by atoms with E-state index < -0.39 is 0 Å². The molecule has 0 saturated carbocycles. The zero-order chi connectivity index (χ0) is 11.4. The third-order valence-electron chi connectivity index (χ3n) is 2.60. The van der Waals surface area contributed by atoms with Crippen LogP contribution in [0.2, 0.25) is 0 Å². The number of rotatable bonds is 4. The van der Waals surface area contributed by atoms with Crippen LogP contribution in [0, 0.1) is 0 Å². The van der Waals surface area contributed by atoms with Gasteiger partial charge in [-0.15, -0.1) is 0 Å². The third kappa shape index (κ3) is 2.64. The normalized spacial score (nSPS) is 10.6. The van der Waals surface area contributed by atoms with Crippen LogP contribution in [0.5, 0.6) is 5.75 Å². The molecule has 84 valence electrons. The molecule has 0 aliphatic rings. The van der Waals surface area contributed by atoms with Crippen molar-refractivity contribution in [3.8, 4) is 5.75 Å². The molecule has 0 radical (unpaired) electrons. The number of hydrogen-bond acceptors (Lipinski definition) is 2. The van der Waals surface area contributed by atoms with Crippen LogP contribution >= 0.6 is 0 Å². The van der Waals surface area contributed by atoms with Crippen LogP contribution < -0.4 is 5.32 Å². The summed E-state index contributed by atoms with van der Waals surface area (Å²) >= 11 is 0. The highest BCUT2D eigenvalue weighted by molar-refractivity contribution is 5.26. The number of nitrogens with one attached hydrogen (secondary N) is 1. The molecule has 0 fully saturated rings. The summed E-state index contributed by atoms with van der Waals surface area (Å²) in [4.78, 5) is 0. The average Bonchev–Trinajstić information content (AvgIpc) is 2.65. The monoisotopic (exact) mass is 216 g/mol. The first-order chi connectivity index (χ1) is 7.75. The molecule has 0 saturated heterocycles. The fourth-order valence-electron chi connectivity index (χ4n) is 1.68. The van der Waals surface area contributed by atoms with Gasteiger partial charge in [0.05, 0.1) is 0 Å². The van der Waals surface area contributed by atoms with Gasteiger partial charge >= 0.3 is 0 Å². The van der Waals surface area contributed by atoms with E-state index in [9.17, 15) is 5.11 Å². The number of phenolic OH excluding ortho intramolecular Hbond substituents is 1. The number of aromatic hydroxyl groups is 1. The van der Waals surface area contributed by atoms with E-state index >= 15 is 0 Å². The Hall–Kier alpha value is -1.74. The van der Waals surface area contributed by atoms with Gasteiger partial charge in [-0.05, 0) is 29.8 Å². The van der Waals surface area contributed by atoms with E-state index in [0.717, 1.165) is 18.7 Å². The quantitative estimate of drug-likeness (QED) is 0.820. The molecule has 2 aromatic rings. The molecule has 1 aromatic heterocycles. The Kier molecular flexibility index (Phi) is 3.27. The summed E-state index contributed by atoms with van der Waals surface area (Å²) in [6.07, 6.45) is 2.03. The van der Waals surface area contributed by atoms with Crippen LogP contribution in [-0.2, 0) is 20.1 Å². The van der Waals surface area contributed by atoms with Gasteiger partial charge in [0.1, 0.15) is 5.75 Å². The van der Waals surface area contributed by atoms with Gasteiger partial charge in [0.15, 0.2) is 0 Å². The van der Waals surface area contributed by atoms with Crippen molar-refractivity contribution in [3.05, 3.63) is 53.9 Å². The molecule has 3 nitrogen and oxygen atoms in total. The second-order valence-corrected chi connectivity index (χ2v) is 3.88. The fourth-order valence-corrected chi connectivity index (χ4v) is 1.68. The molecule has 3 heteroatoms. The van der Waals surface area contributed by atoms with Crippen molar-refractivity contribution < 1.29 is 5.11 Å². The van der Waals surface area contributed by atoms with E-state index in [1.807, 2.05) is 31.4 Å². The minimum Gasteiger partial charge on any atom is -0.508 e. The summed E-state index contributed by atoms with van der Waals surface area (Å²) < 4.78 is 2.09. The maximum Gasteiger partial charge on any atom is 0.115 e. The van der Waals surface area contributed by atoms with Crippen molar-refractivity contribution in [2.75, 3.05) is 0 Å². The Morgan fingerprint density at radius 2 is 2.06 bits per heavy atom. The van der Waals surface area contributed by atoms with Crippen molar-refractivity contribution >= 4 is 0 Å². The lowest BCUT2D eigenvalue weighted by molar-refractivity contribution is 0.474. The first-order valence-electron chi connectivity index (χ1n) is 5.34. The smallest absolute Gasteiger partial charge is 0.115 e. The molecule has 2 N–H and O–H groups in total. The second kappa shape index (κ2) is 4.86. The summed E-state index contributed by atoms with van der Waals surface area (Å²) in [5.41, 5.74) is 2.34. The van der Waals surface area contributed by atoms with Gasteiger partial charge in [-0.25, -0.2) is 0 Å². The van der Waals surface area contributed by atoms with Crippen LogP contribution in [0.1, 0.15) is 11.3 Å². The second-order valence-electron chi connectivity index (χ2n) is 3.88. The summed E-state index contributed by atoms with van der Waals surface area (Å²) in [6, 6.07) is 11.4. The van der Waals surface area contributed by atoms with Crippen molar-refractivity contribution in [3.63, 3.8) is 0 Å². The average molecular weight is 216 g/mol. The Balaban J connectivity index is 1.87. The van der Waals surface area contributed by atoms with Crippen molar-refractivity contribution in [2.45, 2.75) is 13.1 Å². The third-order valence-corrected chi connectivity index (χ3v) is 2.60. The van der Waals surface area contributed by atoms with E-state index in [4.69, 9.17) is 0 Å². The molecule has 0 atom stereocenters. The number of aromatic nitrogens is 1. The van der Waals surface area contributed by atoms with E-state index in [1.54, 1.807) is 12.1 Å². The molecular weight excluding hydrogens is 200 g/mol. The predicted octanol–water partition coefficient (Wildman–Crippen LogP) is 2.02. The predicted molar refractivity (Wildman–Crippen MR) is 64.1 cm³/mol. The van der Waals surface area contributed by atoms with Crippen molar-refractivity contribution in [1.82, 2.24) is 9.88 Å². The summed E-state index contributed by atoms with van der Waals surface area (Å²) in [5, 5.41) is 12.6. The molecule has 0 aliphatic carbocycles. The standard InChI is InChI=1S/C13H16N2O/c1-15-7-3-5-12(15)10-14-9-11-4-2-6-13(16)8-11/h2-8,14,16H,9-10H2,1H3. The number of aryl methyl sites for hydroxylation is 1. The van der Waals surface area contributed by atoms with E-state index in [1.165, 1.54) is 5.69 Å². The van der Waals surface area contributed by atoms with Crippen LogP contribution in [0.25, 0.3) is 0 Å². The molecule has 0 aliphatic heterocycles. The van der Waals surface area contributed by atoms with Gasteiger partial charge in [-0.2, -0.15) is 0 Å². The minimum atomic E-state index is 0.318. The van der Waals surface area contributed by atoms with Gasteiger partial charge in [0, 0.05) is 32.0 Å². The van der Waals surface area contributed by atoms with Gasteiger partial charge in [-0.3, -0.25) is 0 Å². The first-order valence-corrected chi connectivity index (χ1v) is 5.34. The SMILES string of the molecule is Cn1cccc1CNCc1cccc(O)c1. The maximum absolute atomic E-state index is 9.31. The Morgan fingerprint density at radius 3 is 2.75 bits per heavy atom. The lowest BCUT2D eigenvalue weighted by atomic mass is 10.2. The molecule has 2 rings (SSSR count). The zero-order valence-electron chi connectivity index (χ0n) is 9.35. The van der Waals surface area contributed by atoms with Gasteiger partial charge < -0.3 is 15.0 Å². The van der Waals surface area contributed by atoms with E-state index in [2.05, 4.69) is 16.0 Å². The summed E-state index contributed by atoms with van der Waals surface area (Å²) in [5.74, 6) is 0.318. The summed E-state index contributed by atoms with van der Waals surface area (Å²) in [7, 11) is 2.03. The number of nitrogens with zero attached hydrogens (tertiary/aromatic N) is 1. The molecular formula is C13H16N2O. The molecule has 0 spiro atoms. The highest BCUT2D eigenvalue weighted by Gasteiger charge is 1.97. The highest BCUT2D eigenvalue weighted by atomic mass is 16.3. The van der Waals surface area contributed by atoms with Gasteiger partial charge in [0.25, 0.3) is 0 Å². The molecule has 16 heavy (non-hydrogen) atoms. The molecule has 1 aromatic carbocycles. The highest BCUT2D eigenvalue weighted by Crippen LogP contribution is 2.10. The lowest BCUT2D eigenvalue weighted by Gasteiger charge is -2.06. The number of phenols is 1. The Bertz CT molecular complexity index is 462. The van der Waals surface area contributed by atoms with Crippen molar-refractivity contribution in [2.24, 2.45) is 7.05 Å². The minimum absolute atomic E-state index is 0.318. The zero-order valence-corrected chi connectivity index (χ0v) is 9.35. The van der Waals surface area contributed by atoms with Crippen LogP contribution in [0.15, 0.2) is 42.6 Å². The van der Waals surface area contributed by atoms with Gasteiger partial charge in [-0.1, -0.05) is 12.1 Å². The maximum atomic E-state index is 9.31. The summed E-state index contributed by atoms with van der Waals surface area (Å²) in [6.45, 7) is 1.60. The largest absolute Gasteiger partial charge is 0.508 e. The lowest BCUT2D eigenvalue weighted by Crippen LogP contribution is -2.14. The fraction of sp³-hybridized carbons (Fsp3) is 0.231. The Labute approximate surface area is 95.3 Å². The molecule has 0 bridgehead atoms. The molecule has 0 unspecified atom stereocenters. The number of hydrogen-bond donors (Lipinski definition) is 2. The topological polar surface area (TPSA) is 37.2 Å². The van der Waals surface area contributed by atoms with Crippen LogP contribution in [0.4, 0.5) is 0 Å². The molecule has 0 amide bonds. The van der Waals surface area contributed by atoms with Gasteiger partial charge in [0.2, 0.25) is 0 Å². The number of benzene rings is 1. The van der Waals surface area contributed by atoms with Crippen LogP contribution in [-0.4, -0.2) is 9.67 Å². The Morgan fingerprint density at radius 1 is 1.19 bits per heavy atom. The first kappa shape index (κ1) is 10.8.